The first-order chi connectivity index (χ1) is 32.6. The maximum Gasteiger partial charge on any atom is 0.284 e. The summed E-state index contributed by atoms with van der Waals surface area (Å²) in [4.78, 5) is 75.4. The Labute approximate surface area is 383 Å². The number of unbranched alkanes of at least 4 members (excludes halogenated alkanes) is 1. The van der Waals surface area contributed by atoms with E-state index in [0.29, 0.717) is 55.1 Å². The molecule has 1 unspecified atom stereocenters. The van der Waals surface area contributed by atoms with Gasteiger partial charge >= 0.3 is 0 Å². The first kappa shape index (κ1) is 45.3. The molecule has 18 nitrogen and oxygen atoms in total. The number of fused-ring (bicyclic) bond motifs is 1. The monoisotopic (exact) mass is 920 g/mol. The fourth-order valence-corrected chi connectivity index (χ4v) is 8.27. The van der Waals surface area contributed by atoms with Crippen LogP contribution in [0.2, 0.25) is 0 Å². The number of likely N-dealkylation sites (tertiary alicyclic amines) is 1. The topological polar surface area (TPSA) is 215 Å². The number of alkyl halides is 2. The number of rotatable bonds is 22. The molecule has 4 N–H and O–H groups in total. The Bertz CT molecular complexity index is 2630. The molecule has 350 valence electrons. The van der Waals surface area contributed by atoms with Crippen molar-refractivity contribution in [3.8, 4) is 17.1 Å². The van der Waals surface area contributed by atoms with Crippen molar-refractivity contribution in [2.45, 2.75) is 63.5 Å². The van der Waals surface area contributed by atoms with Gasteiger partial charge in [-0.25, -0.2) is 23.4 Å². The first-order valence-corrected chi connectivity index (χ1v) is 22.5. The van der Waals surface area contributed by atoms with E-state index < -0.39 is 47.7 Å². The van der Waals surface area contributed by atoms with E-state index in [1.165, 1.54) is 30.0 Å². The summed E-state index contributed by atoms with van der Waals surface area (Å²) >= 11 is 0. The largest absolute Gasteiger partial charge is 0.444 e. The van der Waals surface area contributed by atoms with Gasteiger partial charge in [0, 0.05) is 56.7 Å². The van der Waals surface area contributed by atoms with Gasteiger partial charge in [-0.1, -0.05) is 18.2 Å². The molecule has 67 heavy (non-hydrogen) atoms. The number of aryl methyl sites for hydroxylation is 1. The highest BCUT2D eigenvalue weighted by Crippen LogP contribution is 2.34. The van der Waals surface area contributed by atoms with E-state index >= 15 is 0 Å². The smallest absolute Gasteiger partial charge is 0.284 e. The molecule has 2 saturated heterocycles. The number of nitrogens with zero attached hydrogens (tertiary/aromatic N) is 6. The molecule has 1 saturated carbocycles. The number of benzene rings is 2. The van der Waals surface area contributed by atoms with Crippen molar-refractivity contribution in [1.29, 1.82) is 0 Å². The molecule has 5 aromatic rings. The van der Waals surface area contributed by atoms with Crippen LogP contribution in [0.15, 0.2) is 77.7 Å². The van der Waals surface area contributed by atoms with Gasteiger partial charge in [0.25, 0.3) is 24.1 Å². The van der Waals surface area contributed by atoms with Crippen LogP contribution in [-0.2, 0) is 25.5 Å². The number of amides is 5. The summed E-state index contributed by atoms with van der Waals surface area (Å²) in [7, 11) is 0. The van der Waals surface area contributed by atoms with Gasteiger partial charge in [-0.05, 0) is 86.4 Å². The summed E-state index contributed by atoms with van der Waals surface area (Å²) in [6.07, 6.45) is 6.32. The normalized spacial score (nSPS) is 17.5. The zero-order valence-corrected chi connectivity index (χ0v) is 36.5. The van der Waals surface area contributed by atoms with Crippen LogP contribution in [0.1, 0.15) is 87.4 Å². The second-order valence-corrected chi connectivity index (χ2v) is 17.0. The molecular weight excluding hydrogens is 871 g/mol. The number of imide groups is 2. The lowest BCUT2D eigenvalue weighted by molar-refractivity contribution is -0.136. The number of piperidine rings is 1. The summed E-state index contributed by atoms with van der Waals surface area (Å²) in [6.45, 7) is 5.08. The third kappa shape index (κ3) is 10.7. The second kappa shape index (κ2) is 20.3. The SMILES string of the molecule is O=C1CCC(N2C(=O)c3cccc(NC4CN(CCOCCOCCCCc5ccc(-n6cc(NC(=O)c7coc(-c8ccnc(NCC9CC9)c8)n7)c(C(F)F)n6)cc5)C4)c3C2=O)C(=O)N1. The Morgan fingerprint density at radius 2 is 1.73 bits per heavy atom. The summed E-state index contributed by atoms with van der Waals surface area (Å²) in [5.41, 5.74) is 2.52. The molecule has 1 atom stereocenters. The van der Waals surface area contributed by atoms with Gasteiger partial charge < -0.3 is 29.8 Å². The number of aromatic nitrogens is 4. The Hall–Kier alpha value is -6.90. The summed E-state index contributed by atoms with van der Waals surface area (Å²) in [5, 5.41) is 15.5. The molecule has 1 aliphatic carbocycles. The van der Waals surface area contributed by atoms with Crippen LogP contribution in [0, 0.1) is 5.92 Å². The van der Waals surface area contributed by atoms with Gasteiger partial charge in [-0.2, -0.15) is 5.10 Å². The minimum atomic E-state index is -2.93. The highest BCUT2D eigenvalue weighted by Gasteiger charge is 2.46. The minimum absolute atomic E-state index is 0.0640. The molecule has 6 heterocycles. The maximum atomic E-state index is 14.1. The lowest BCUT2D eigenvalue weighted by Crippen LogP contribution is -2.55. The molecule has 3 aliphatic heterocycles. The highest BCUT2D eigenvalue weighted by atomic mass is 19.3. The van der Waals surface area contributed by atoms with E-state index in [4.69, 9.17) is 13.9 Å². The lowest BCUT2D eigenvalue weighted by atomic mass is 10.0. The molecule has 3 aromatic heterocycles. The molecule has 3 fully saturated rings. The van der Waals surface area contributed by atoms with Crippen molar-refractivity contribution in [3.63, 3.8) is 0 Å². The fourth-order valence-electron chi connectivity index (χ4n) is 8.27. The molecule has 9 rings (SSSR count). The number of halogens is 2. The number of anilines is 3. The lowest BCUT2D eigenvalue weighted by Gasteiger charge is -2.40. The maximum absolute atomic E-state index is 14.1. The predicted molar refractivity (Wildman–Crippen MR) is 239 cm³/mol. The Kier molecular flexibility index (Phi) is 13.7. The Balaban J connectivity index is 0.643. The minimum Gasteiger partial charge on any atom is -0.444 e. The molecule has 4 aliphatic rings. The third-order valence-corrected chi connectivity index (χ3v) is 12.1. The van der Waals surface area contributed by atoms with E-state index in [1.807, 2.05) is 12.1 Å². The number of carbonyl (C=O) groups is 5. The van der Waals surface area contributed by atoms with Crippen LogP contribution in [-0.4, -0.2) is 124 Å². The summed E-state index contributed by atoms with van der Waals surface area (Å²) in [6, 6.07) is 15.0. The number of pyridine rings is 1. The average molecular weight is 921 g/mol. The Morgan fingerprint density at radius 1 is 0.925 bits per heavy atom. The van der Waals surface area contributed by atoms with E-state index in [9.17, 15) is 32.8 Å². The average Bonchev–Trinajstić information content (AvgIpc) is 3.71. The molecule has 0 bridgehead atoms. The number of hydrogen-bond donors (Lipinski definition) is 4. The van der Waals surface area contributed by atoms with Gasteiger partial charge in [-0.3, -0.25) is 39.1 Å². The molecule has 5 amide bonds. The number of carbonyl (C=O) groups excluding carboxylic acids is 5. The van der Waals surface area contributed by atoms with Gasteiger partial charge in [0.05, 0.1) is 54.6 Å². The summed E-state index contributed by atoms with van der Waals surface area (Å²) < 4.78 is 46.5. The van der Waals surface area contributed by atoms with E-state index in [-0.39, 0.29) is 47.3 Å². The zero-order chi connectivity index (χ0) is 46.4. The van der Waals surface area contributed by atoms with Gasteiger partial charge in [0.15, 0.2) is 11.4 Å². The van der Waals surface area contributed by atoms with Crippen LogP contribution < -0.4 is 21.3 Å². The van der Waals surface area contributed by atoms with E-state index in [2.05, 4.69) is 41.2 Å². The first-order valence-electron chi connectivity index (χ1n) is 22.5. The van der Waals surface area contributed by atoms with Gasteiger partial charge in [0.1, 0.15) is 18.1 Å². The number of hydrogen-bond acceptors (Lipinski definition) is 14. The third-order valence-electron chi connectivity index (χ3n) is 12.1. The van der Waals surface area contributed by atoms with Crippen molar-refractivity contribution >= 4 is 46.7 Å². The standard InChI is InChI=1S/C47H50F2N10O8/c48-42(49)41-35(53-43(61)36-27-67-45(54-36)30-15-16-50-38(22-30)51-23-29-7-8-29)26-58(56-41)32-11-9-28(10-12-32)4-1-2-18-65-20-21-66-19-17-57-24-31(25-57)52-34-6-3-5-33-40(34)47(64)59(46(33)63)37-13-14-39(60)55-44(37)62/h3,5-6,9-12,15-16,22,26-27,29,31,37,42,52H,1-2,4,7-8,13-14,17-21,23-25H2,(H,50,51)(H,53,61)(H,55,60,62). The van der Waals surface area contributed by atoms with Gasteiger partial charge in [0.2, 0.25) is 17.7 Å². The quantitative estimate of drug-likeness (QED) is 0.0500. The number of oxazole rings is 1. The van der Waals surface area contributed by atoms with E-state index in [1.54, 1.807) is 48.7 Å². The number of nitrogens with one attached hydrogen (secondary N) is 4. The molecule has 0 spiro atoms. The van der Waals surface area contributed by atoms with E-state index in [0.717, 1.165) is 55.9 Å². The van der Waals surface area contributed by atoms with Crippen LogP contribution in [0.25, 0.3) is 17.1 Å². The van der Waals surface area contributed by atoms with Crippen molar-refractivity contribution < 1.29 is 46.6 Å². The molecule has 20 heteroatoms. The van der Waals surface area contributed by atoms with Crippen LogP contribution in [0.5, 0.6) is 0 Å². The van der Waals surface area contributed by atoms with Crippen molar-refractivity contribution in [3.05, 3.63) is 101 Å². The van der Waals surface area contributed by atoms with Crippen LogP contribution in [0.4, 0.5) is 26.0 Å². The second-order valence-electron chi connectivity index (χ2n) is 17.0. The van der Waals surface area contributed by atoms with Crippen LogP contribution >= 0.6 is 0 Å². The van der Waals surface area contributed by atoms with Crippen LogP contribution in [0.3, 0.4) is 0 Å². The predicted octanol–water partition coefficient (Wildman–Crippen LogP) is 5.49. The van der Waals surface area contributed by atoms with Gasteiger partial charge in [-0.15, -0.1) is 0 Å². The molecular formula is C47H50F2N10O8. The van der Waals surface area contributed by atoms with Crippen molar-refractivity contribution in [2.75, 3.05) is 68.6 Å². The number of ether oxygens (including phenoxy) is 2. The van der Waals surface area contributed by atoms with Crippen molar-refractivity contribution in [1.82, 2.24) is 34.9 Å². The Morgan fingerprint density at radius 3 is 2.51 bits per heavy atom. The van der Waals surface area contributed by atoms with Crippen molar-refractivity contribution in [2.24, 2.45) is 5.92 Å². The molecule has 2 aromatic carbocycles. The fraction of sp³-hybridized carbons (Fsp3) is 0.404. The summed E-state index contributed by atoms with van der Waals surface area (Å²) in [5.74, 6) is -1.30. The highest BCUT2D eigenvalue weighted by molar-refractivity contribution is 6.25. The zero-order valence-electron chi connectivity index (χ0n) is 36.5. The molecule has 0 radical (unpaired) electrons.